The first-order valence-electron chi connectivity index (χ1n) is 3.08. The summed E-state index contributed by atoms with van der Waals surface area (Å²) >= 11 is 0. The molecule has 2 unspecified atom stereocenters. The third kappa shape index (κ3) is 2.77. The van der Waals surface area contributed by atoms with E-state index in [1.54, 1.807) is 6.92 Å². The number of hydrogen-bond acceptors (Lipinski definition) is 3. The summed E-state index contributed by atoms with van der Waals surface area (Å²) in [6.45, 7) is 2.90. The third-order valence-corrected chi connectivity index (χ3v) is 0.935. The van der Waals surface area contributed by atoms with Gasteiger partial charge in [0.2, 0.25) is 6.17 Å². The molecule has 0 spiro atoms. The van der Waals surface area contributed by atoms with Crippen LogP contribution in [0.4, 0.5) is 4.39 Å². The summed E-state index contributed by atoms with van der Waals surface area (Å²) in [4.78, 5) is 10.4. The van der Waals surface area contributed by atoms with Crippen LogP contribution >= 0.6 is 0 Å². The minimum atomic E-state index is -1.92. The first-order chi connectivity index (χ1) is 4.59. The number of ether oxygens (including phenoxy) is 1. The second-order valence-corrected chi connectivity index (χ2v) is 1.89. The molecular weight excluding hydrogens is 139 g/mol. The van der Waals surface area contributed by atoms with E-state index in [1.807, 2.05) is 0 Å². The van der Waals surface area contributed by atoms with Crippen molar-refractivity contribution in [2.24, 2.45) is 0 Å². The zero-order chi connectivity index (χ0) is 8.15. The van der Waals surface area contributed by atoms with Gasteiger partial charge in [-0.05, 0) is 13.8 Å². The van der Waals surface area contributed by atoms with Crippen LogP contribution in [-0.2, 0) is 9.53 Å². The van der Waals surface area contributed by atoms with Gasteiger partial charge < -0.3 is 9.84 Å². The van der Waals surface area contributed by atoms with Gasteiger partial charge in [-0.1, -0.05) is 0 Å². The molecule has 2 atom stereocenters. The lowest BCUT2D eigenvalue weighted by atomic mass is 10.2. The Balaban J connectivity index is 3.71. The minimum Gasteiger partial charge on any atom is -0.464 e. The Morgan fingerprint density at radius 3 is 2.60 bits per heavy atom. The van der Waals surface area contributed by atoms with E-state index in [2.05, 4.69) is 4.74 Å². The van der Waals surface area contributed by atoms with Crippen LogP contribution in [0.5, 0.6) is 0 Å². The van der Waals surface area contributed by atoms with Gasteiger partial charge in [0.05, 0.1) is 12.7 Å². The van der Waals surface area contributed by atoms with Crippen molar-refractivity contribution < 1.29 is 19.0 Å². The van der Waals surface area contributed by atoms with Crippen LogP contribution in [0, 0.1) is 0 Å². The Hall–Kier alpha value is -0.640. The lowest BCUT2D eigenvalue weighted by molar-refractivity contribution is -0.152. The molecule has 0 aromatic carbocycles. The van der Waals surface area contributed by atoms with Crippen molar-refractivity contribution >= 4 is 5.97 Å². The van der Waals surface area contributed by atoms with E-state index in [-0.39, 0.29) is 6.61 Å². The van der Waals surface area contributed by atoms with Gasteiger partial charge in [-0.2, -0.15) is 0 Å². The fourth-order valence-electron chi connectivity index (χ4n) is 0.419. The molecule has 0 rings (SSSR count). The second-order valence-electron chi connectivity index (χ2n) is 1.89. The maximum absolute atomic E-state index is 12.4. The van der Waals surface area contributed by atoms with E-state index in [0.717, 1.165) is 0 Å². The van der Waals surface area contributed by atoms with Gasteiger partial charge >= 0.3 is 5.97 Å². The van der Waals surface area contributed by atoms with Crippen molar-refractivity contribution in [3.63, 3.8) is 0 Å². The van der Waals surface area contributed by atoms with Crippen LogP contribution in [-0.4, -0.2) is 30.0 Å². The van der Waals surface area contributed by atoms with Gasteiger partial charge in [-0.25, -0.2) is 9.18 Å². The molecule has 0 aromatic heterocycles. The van der Waals surface area contributed by atoms with Crippen molar-refractivity contribution in [3.8, 4) is 0 Å². The molecule has 0 fully saturated rings. The van der Waals surface area contributed by atoms with Gasteiger partial charge in [-0.15, -0.1) is 0 Å². The van der Waals surface area contributed by atoms with Crippen molar-refractivity contribution in [1.82, 2.24) is 0 Å². The highest BCUT2D eigenvalue weighted by Gasteiger charge is 2.23. The second kappa shape index (κ2) is 4.22. The van der Waals surface area contributed by atoms with E-state index in [0.29, 0.717) is 0 Å². The van der Waals surface area contributed by atoms with Crippen LogP contribution < -0.4 is 0 Å². The largest absolute Gasteiger partial charge is 0.464 e. The molecular formula is C6H11FO3. The zero-order valence-corrected chi connectivity index (χ0v) is 6.00. The van der Waals surface area contributed by atoms with Gasteiger partial charge in [0, 0.05) is 0 Å². The highest BCUT2D eigenvalue weighted by atomic mass is 19.1. The van der Waals surface area contributed by atoms with Crippen LogP contribution in [0.2, 0.25) is 0 Å². The third-order valence-electron chi connectivity index (χ3n) is 0.935. The molecule has 0 saturated carbocycles. The van der Waals surface area contributed by atoms with Crippen molar-refractivity contribution in [2.45, 2.75) is 26.1 Å². The number of rotatable bonds is 3. The molecule has 0 radical (unpaired) electrons. The van der Waals surface area contributed by atoms with E-state index >= 15 is 0 Å². The van der Waals surface area contributed by atoms with E-state index < -0.39 is 18.2 Å². The van der Waals surface area contributed by atoms with Crippen molar-refractivity contribution in [3.05, 3.63) is 0 Å². The normalized spacial score (nSPS) is 16.0. The molecule has 0 aliphatic heterocycles. The quantitative estimate of drug-likeness (QED) is 0.587. The molecule has 0 bridgehead atoms. The van der Waals surface area contributed by atoms with E-state index in [4.69, 9.17) is 5.11 Å². The zero-order valence-electron chi connectivity index (χ0n) is 6.00. The number of hydrogen-bond donors (Lipinski definition) is 1. The predicted octanol–water partition coefficient (Wildman–Crippen LogP) is 0.268. The van der Waals surface area contributed by atoms with Crippen LogP contribution in [0.3, 0.4) is 0 Å². The summed E-state index contributed by atoms with van der Waals surface area (Å²) in [5.74, 6) is -1.00. The van der Waals surface area contributed by atoms with Gasteiger partial charge in [0.15, 0.2) is 0 Å². The Labute approximate surface area is 58.8 Å². The standard InChI is InChI=1S/C6H11FO3/c1-3-10-6(9)5(7)4(2)8/h4-5,8H,3H2,1-2H3. The van der Waals surface area contributed by atoms with Crippen LogP contribution in [0.1, 0.15) is 13.8 Å². The summed E-state index contributed by atoms with van der Waals surface area (Å²) in [5, 5.41) is 8.54. The first kappa shape index (κ1) is 9.36. The molecule has 0 aliphatic carbocycles. The number of aliphatic hydroxyl groups is 1. The number of carbonyl (C=O) groups is 1. The summed E-state index contributed by atoms with van der Waals surface area (Å²) in [7, 11) is 0. The average Bonchev–Trinajstić information content (AvgIpc) is 1.87. The number of aliphatic hydroxyl groups excluding tert-OH is 1. The van der Waals surface area contributed by atoms with Crippen LogP contribution in [0.15, 0.2) is 0 Å². The monoisotopic (exact) mass is 150 g/mol. The number of halogens is 1. The molecule has 0 saturated heterocycles. The maximum atomic E-state index is 12.4. The Bertz CT molecular complexity index is 114. The van der Waals surface area contributed by atoms with Gasteiger partial charge in [0.1, 0.15) is 0 Å². The SMILES string of the molecule is CCOC(=O)C(F)C(C)O. The lowest BCUT2D eigenvalue weighted by Gasteiger charge is -2.08. The van der Waals surface area contributed by atoms with E-state index in [9.17, 15) is 9.18 Å². The first-order valence-corrected chi connectivity index (χ1v) is 3.08. The molecule has 0 aromatic rings. The smallest absolute Gasteiger partial charge is 0.343 e. The average molecular weight is 150 g/mol. The molecule has 0 amide bonds. The van der Waals surface area contributed by atoms with Crippen molar-refractivity contribution in [1.29, 1.82) is 0 Å². The summed E-state index contributed by atoms with van der Waals surface area (Å²) < 4.78 is 16.7. The molecule has 60 valence electrons. The lowest BCUT2D eigenvalue weighted by Crippen LogP contribution is -2.29. The number of carbonyl (C=O) groups excluding carboxylic acids is 1. The molecule has 0 aliphatic rings. The Morgan fingerprint density at radius 1 is 1.80 bits per heavy atom. The summed E-state index contributed by atoms with van der Waals surface area (Å²) in [6.07, 6.45) is -3.21. The topological polar surface area (TPSA) is 46.5 Å². The highest BCUT2D eigenvalue weighted by molar-refractivity contribution is 5.75. The summed E-state index contributed by atoms with van der Waals surface area (Å²) in [5.41, 5.74) is 0. The maximum Gasteiger partial charge on any atom is 0.343 e. The Kier molecular flexibility index (Phi) is 3.95. The fraction of sp³-hybridized carbons (Fsp3) is 0.833. The molecule has 10 heavy (non-hydrogen) atoms. The molecule has 0 heterocycles. The van der Waals surface area contributed by atoms with Gasteiger partial charge in [-0.3, -0.25) is 0 Å². The minimum absolute atomic E-state index is 0.131. The fourth-order valence-corrected chi connectivity index (χ4v) is 0.419. The molecule has 1 N–H and O–H groups in total. The summed E-state index contributed by atoms with van der Waals surface area (Å²) in [6, 6.07) is 0. The number of alkyl halides is 1. The van der Waals surface area contributed by atoms with E-state index in [1.165, 1.54) is 6.92 Å². The predicted molar refractivity (Wildman–Crippen MR) is 33.2 cm³/mol. The van der Waals surface area contributed by atoms with Crippen LogP contribution in [0.25, 0.3) is 0 Å². The van der Waals surface area contributed by atoms with Crippen molar-refractivity contribution in [2.75, 3.05) is 6.61 Å². The molecule has 4 heteroatoms. The Morgan fingerprint density at radius 2 is 2.30 bits per heavy atom. The number of esters is 1. The van der Waals surface area contributed by atoms with Gasteiger partial charge in [0.25, 0.3) is 0 Å². The molecule has 3 nitrogen and oxygen atoms in total. The highest BCUT2D eigenvalue weighted by Crippen LogP contribution is 2.00.